The molecule has 0 bridgehead atoms. The van der Waals surface area contributed by atoms with Gasteiger partial charge in [-0.1, -0.05) is 0 Å². The molecule has 1 amide bonds. The Labute approximate surface area is 111 Å². The van der Waals surface area contributed by atoms with Gasteiger partial charge in [-0.3, -0.25) is 9.69 Å². The number of carbonyl (C=O) groups excluding carboxylic acids is 1. The van der Waals surface area contributed by atoms with Crippen molar-refractivity contribution in [3.8, 4) is 0 Å². The van der Waals surface area contributed by atoms with Crippen molar-refractivity contribution in [3.63, 3.8) is 0 Å². The molecule has 5 nitrogen and oxygen atoms in total. The summed E-state index contributed by atoms with van der Waals surface area (Å²) in [5.74, 6) is -0.00991. The van der Waals surface area contributed by atoms with Gasteiger partial charge < -0.3 is 10.4 Å². The second-order valence-electron chi connectivity index (χ2n) is 4.61. The maximum absolute atomic E-state index is 11.2. The molecule has 1 aromatic heterocycles. The van der Waals surface area contributed by atoms with Crippen molar-refractivity contribution >= 4 is 17.2 Å². The lowest BCUT2D eigenvalue weighted by Crippen LogP contribution is -2.37. The smallest absolute Gasteiger partial charge is 0.226 e. The highest BCUT2D eigenvalue weighted by Gasteiger charge is 2.18. The van der Waals surface area contributed by atoms with Crippen LogP contribution in [0.1, 0.15) is 23.5 Å². The zero-order chi connectivity index (χ0) is 13.0. The van der Waals surface area contributed by atoms with Crippen molar-refractivity contribution in [2.45, 2.75) is 31.9 Å². The number of piperidine rings is 1. The van der Waals surface area contributed by atoms with E-state index < -0.39 is 0 Å². The topological polar surface area (TPSA) is 65.5 Å². The van der Waals surface area contributed by atoms with Gasteiger partial charge in [-0.25, -0.2) is 4.98 Å². The van der Waals surface area contributed by atoms with Crippen molar-refractivity contribution in [3.05, 3.63) is 16.1 Å². The van der Waals surface area contributed by atoms with Crippen molar-refractivity contribution < 1.29 is 9.90 Å². The third-order valence-electron chi connectivity index (χ3n) is 3.06. The van der Waals surface area contributed by atoms with Gasteiger partial charge in [0.05, 0.1) is 18.2 Å². The summed E-state index contributed by atoms with van der Waals surface area (Å²) < 4.78 is 0. The van der Waals surface area contributed by atoms with Gasteiger partial charge in [0.2, 0.25) is 5.91 Å². The van der Waals surface area contributed by atoms with Crippen molar-refractivity contribution in [1.29, 1.82) is 0 Å². The Morgan fingerprint density at radius 2 is 2.56 bits per heavy atom. The molecule has 18 heavy (non-hydrogen) atoms. The number of carbonyl (C=O) groups is 1. The summed E-state index contributed by atoms with van der Waals surface area (Å²) in [6, 6.07) is 0. The van der Waals surface area contributed by atoms with Gasteiger partial charge >= 0.3 is 0 Å². The summed E-state index contributed by atoms with van der Waals surface area (Å²) in [5.41, 5.74) is 0.994. The van der Waals surface area contributed by atoms with Crippen LogP contribution >= 0.6 is 11.3 Å². The minimum atomic E-state index is -0.206. The molecule has 2 heterocycles. The molecule has 0 radical (unpaired) electrons. The third kappa shape index (κ3) is 3.76. The molecule has 1 unspecified atom stereocenters. The minimum absolute atomic E-state index is 0.00991. The molecule has 2 rings (SSSR count). The standard InChI is InChI=1S/C12H19N3O2S/c1-13-11(17)5-12-14-9(8-18-12)6-15-4-2-3-10(16)7-15/h8,10,16H,2-7H2,1H3,(H,13,17). The number of nitrogens with zero attached hydrogens (tertiary/aromatic N) is 2. The summed E-state index contributed by atoms with van der Waals surface area (Å²) in [5, 5.41) is 15.0. The highest BCUT2D eigenvalue weighted by atomic mass is 32.1. The lowest BCUT2D eigenvalue weighted by Gasteiger charge is -2.29. The average molecular weight is 269 g/mol. The van der Waals surface area contributed by atoms with Gasteiger partial charge in [0.25, 0.3) is 0 Å². The molecular formula is C12H19N3O2S. The molecule has 1 saturated heterocycles. The molecule has 1 aliphatic heterocycles. The normalized spacial score (nSPS) is 20.9. The molecule has 100 valence electrons. The highest BCUT2D eigenvalue weighted by molar-refractivity contribution is 7.09. The fraction of sp³-hybridized carbons (Fsp3) is 0.667. The summed E-state index contributed by atoms with van der Waals surface area (Å²) in [4.78, 5) is 17.9. The SMILES string of the molecule is CNC(=O)Cc1nc(CN2CCCC(O)C2)cs1. The van der Waals surface area contributed by atoms with Crippen LogP contribution in [0.3, 0.4) is 0 Å². The Balaban J connectivity index is 1.88. The molecule has 1 fully saturated rings. The first-order valence-electron chi connectivity index (χ1n) is 6.21. The van der Waals surface area contributed by atoms with Gasteiger partial charge in [0.15, 0.2) is 0 Å². The van der Waals surface area contributed by atoms with Gasteiger partial charge in [0, 0.05) is 25.5 Å². The van der Waals surface area contributed by atoms with Crippen LogP contribution in [-0.2, 0) is 17.8 Å². The monoisotopic (exact) mass is 269 g/mol. The first-order chi connectivity index (χ1) is 8.67. The summed E-state index contributed by atoms with van der Waals surface area (Å²) in [6.45, 7) is 2.50. The van der Waals surface area contributed by atoms with E-state index in [0.29, 0.717) is 6.42 Å². The molecular weight excluding hydrogens is 250 g/mol. The number of hydrogen-bond donors (Lipinski definition) is 2. The van der Waals surface area contributed by atoms with Crippen LogP contribution in [0.4, 0.5) is 0 Å². The van der Waals surface area contributed by atoms with E-state index in [-0.39, 0.29) is 12.0 Å². The number of β-amino-alcohol motifs (C(OH)–C–C–N with tert-alkyl or cyclic N) is 1. The van der Waals surface area contributed by atoms with Gasteiger partial charge in [-0.15, -0.1) is 11.3 Å². The van der Waals surface area contributed by atoms with Crippen LogP contribution in [0.25, 0.3) is 0 Å². The molecule has 0 spiro atoms. The first kappa shape index (κ1) is 13.5. The fourth-order valence-corrected chi connectivity index (χ4v) is 2.92. The fourth-order valence-electron chi connectivity index (χ4n) is 2.13. The number of amides is 1. The number of aromatic nitrogens is 1. The summed E-state index contributed by atoms with van der Waals surface area (Å²) in [6.07, 6.45) is 2.08. The van der Waals surface area contributed by atoms with Gasteiger partial charge in [-0.2, -0.15) is 0 Å². The molecule has 6 heteroatoms. The van der Waals surface area contributed by atoms with Gasteiger partial charge in [-0.05, 0) is 19.4 Å². The zero-order valence-corrected chi connectivity index (χ0v) is 11.4. The molecule has 1 aromatic rings. The lowest BCUT2D eigenvalue weighted by molar-refractivity contribution is -0.119. The predicted molar refractivity (Wildman–Crippen MR) is 70.4 cm³/mol. The van der Waals surface area contributed by atoms with E-state index in [1.54, 1.807) is 7.05 Å². The number of aliphatic hydroxyl groups is 1. The molecule has 0 aliphatic carbocycles. The number of hydrogen-bond acceptors (Lipinski definition) is 5. The first-order valence-corrected chi connectivity index (χ1v) is 7.09. The van der Waals surface area contributed by atoms with E-state index in [1.807, 2.05) is 5.38 Å². The Morgan fingerprint density at radius 1 is 1.72 bits per heavy atom. The van der Waals surface area contributed by atoms with Crippen LogP contribution in [0.2, 0.25) is 0 Å². The van der Waals surface area contributed by atoms with Crippen molar-refractivity contribution in [1.82, 2.24) is 15.2 Å². The molecule has 1 atom stereocenters. The largest absolute Gasteiger partial charge is 0.392 e. The number of nitrogens with one attached hydrogen (secondary N) is 1. The minimum Gasteiger partial charge on any atom is -0.392 e. The Kier molecular flexibility index (Phi) is 4.68. The number of aliphatic hydroxyl groups excluding tert-OH is 1. The maximum Gasteiger partial charge on any atom is 0.226 e. The Hall–Kier alpha value is -0.980. The highest BCUT2D eigenvalue weighted by Crippen LogP contribution is 2.16. The number of likely N-dealkylation sites (N-methyl/N-ethyl adjacent to an activating group) is 1. The van der Waals surface area contributed by atoms with Crippen LogP contribution in [0.5, 0.6) is 0 Å². The Bertz CT molecular complexity index is 408. The van der Waals surface area contributed by atoms with Gasteiger partial charge in [0.1, 0.15) is 5.01 Å². The quantitative estimate of drug-likeness (QED) is 0.830. The number of rotatable bonds is 4. The van der Waals surface area contributed by atoms with Crippen LogP contribution in [0, 0.1) is 0 Å². The van der Waals surface area contributed by atoms with E-state index in [0.717, 1.165) is 43.2 Å². The summed E-state index contributed by atoms with van der Waals surface area (Å²) >= 11 is 1.52. The molecule has 1 aliphatic rings. The average Bonchev–Trinajstić information content (AvgIpc) is 2.76. The molecule has 0 aromatic carbocycles. The predicted octanol–water partition coefficient (Wildman–Crippen LogP) is 0.388. The van der Waals surface area contributed by atoms with E-state index in [9.17, 15) is 9.90 Å². The molecule has 2 N–H and O–H groups in total. The van der Waals surface area contributed by atoms with Crippen LogP contribution < -0.4 is 5.32 Å². The van der Waals surface area contributed by atoms with Crippen LogP contribution in [-0.4, -0.2) is 47.1 Å². The second-order valence-corrected chi connectivity index (χ2v) is 5.56. The lowest BCUT2D eigenvalue weighted by atomic mass is 10.1. The second kappa shape index (κ2) is 6.26. The summed E-state index contributed by atoms with van der Waals surface area (Å²) in [7, 11) is 1.63. The van der Waals surface area contributed by atoms with E-state index in [2.05, 4.69) is 15.2 Å². The van der Waals surface area contributed by atoms with Crippen LogP contribution in [0.15, 0.2) is 5.38 Å². The van der Waals surface area contributed by atoms with Crippen molar-refractivity contribution in [2.75, 3.05) is 20.1 Å². The van der Waals surface area contributed by atoms with E-state index in [4.69, 9.17) is 0 Å². The molecule has 0 saturated carbocycles. The maximum atomic E-state index is 11.2. The number of thiazole rings is 1. The van der Waals surface area contributed by atoms with E-state index >= 15 is 0 Å². The third-order valence-corrected chi connectivity index (χ3v) is 3.95. The Morgan fingerprint density at radius 3 is 3.28 bits per heavy atom. The number of likely N-dealkylation sites (tertiary alicyclic amines) is 1. The van der Waals surface area contributed by atoms with Crippen molar-refractivity contribution in [2.24, 2.45) is 0 Å². The van der Waals surface area contributed by atoms with E-state index in [1.165, 1.54) is 11.3 Å². The zero-order valence-electron chi connectivity index (χ0n) is 10.6.